The zero-order chi connectivity index (χ0) is 13.5. The predicted molar refractivity (Wildman–Crippen MR) is 69.4 cm³/mol. The lowest BCUT2D eigenvalue weighted by Gasteiger charge is -2.14. The normalized spacial score (nSPS) is 25.8. The average Bonchev–Trinajstić information content (AvgIpc) is 2.84. The molecule has 0 saturated carbocycles. The van der Waals surface area contributed by atoms with Gasteiger partial charge in [-0.25, -0.2) is 8.42 Å². The van der Waals surface area contributed by atoms with E-state index in [1.165, 1.54) is 10.4 Å². The van der Waals surface area contributed by atoms with Gasteiger partial charge in [-0.15, -0.1) is 0 Å². The summed E-state index contributed by atoms with van der Waals surface area (Å²) in [6.45, 7) is 4.82. The molecule has 5 nitrogen and oxygen atoms in total. The largest absolute Gasteiger partial charge is 0.450 e. The van der Waals surface area contributed by atoms with Crippen LogP contribution in [0.2, 0.25) is 0 Å². The Labute approximate surface area is 115 Å². The lowest BCUT2D eigenvalue weighted by molar-refractivity contribution is 0.245. The van der Waals surface area contributed by atoms with Crippen LogP contribution < -0.4 is 0 Å². The highest BCUT2D eigenvalue weighted by Gasteiger charge is 2.37. The van der Waals surface area contributed by atoms with Gasteiger partial charge in [0, 0.05) is 19.2 Å². The molecule has 2 unspecified atom stereocenters. The van der Waals surface area contributed by atoms with Gasteiger partial charge in [0.05, 0.1) is 0 Å². The second-order valence-corrected chi connectivity index (χ2v) is 7.41. The number of aliphatic hydroxyl groups is 1. The van der Waals surface area contributed by atoms with Crippen LogP contribution in [0.25, 0.3) is 0 Å². The standard InChI is InChI=1S/C11H16BrNO4S/c1-7-4-13(5-8(7)2)18(15,16)10-3-9(6-14)17-11(10)12/h3,7-8,14H,4-6H2,1-2H3. The van der Waals surface area contributed by atoms with Crippen LogP contribution in [-0.4, -0.2) is 30.9 Å². The van der Waals surface area contributed by atoms with Crippen molar-refractivity contribution in [3.63, 3.8) is 0 Å². The first-order valence-electron chi connectivity index (χ1n) is 5.75. The van der Waals surface area contributed by atoms with Crippen molar-refractivity contribution in [2.24, 2.45) is 11.8 Å². The summed E-state index contributed by atoms with van der Waals surface area (Å²) >= 11 is 3.09. The molecule has 1 N–H and O–H groups in total. The van der Waals surface area contributed by atoms with Gasteiger partial charge in [0.2, 0.25) is 10.0 Å². The number of hydrogen-bond donors (Lipinski definition) is 1. The van der Waals surface area contributed by atoms with Gasteiger partial charge in [-0.2, -0.15) is 4.31 Å². The van der Waals surface area contributed by atoms with E-state index < -0.39 is 10.0 Å². The minimum Gasteiger partial charge on any atom is -0.450 e. The lowest BCUT2D eigenvalue weighted by Crippen LogP contribution is -2.29. The molecule has 1 fully saturated rings. The molecule has 2 rings (SSSR count). The van der Waals surface area contributed by atoms with Crippen LogP contribution in [0, 0.1) is 11.8 Å². The highest BCUT2D eigenvalue weighted by Crippen LogP contribution is 2.33. The molecule has 102 valence electrons. The van der Waals surface area contributed by atoms with Crippen molar-refractivity contribution >= 4 is 26.0 Å². The molecule has 1 aromatic heterocycles. The third kappa shape index (κ3) is 2.36. The second-order valence-electron chi connectivity index (χ2n) is 4.79. The smallest absolute Gasteiger partial charge is 0.247 e. The number of sulfonamides is 1. The van der Waals surface area contributed by atoms with E-state index in [1.807, 2.05) is 13.8 Å². The van der Waals surface area contributed by atoms with Crippen LogP contribution in [0.3, 0.4) is 0 Å². The fraction of sp³-hybridized carbons (Fsp3) is 0.636. The number of hydrogen-bond acceptors (Lipinski definition) is 4. The third-order valence-electron chi connectivity index (χ3n) is 3.43. The van der Waals surface area contributed by atoms with Gasteiger partial charge >= 0.3 is 0 Å². The Morgan fingerprint density at radius 2 is 2.00 bits per heavy atom. The molecule has 18 heavy (non-hydrogen) atoms. The van der Waals surface area contributed by atoms with E-state index in [-0.39, 0.29) is 21.9 Å². The minimum absolute atomic E-state index is 0.0906. The Morgan fingerprint density at radius 3 is 2.44 bits per heavy atom. The number of rotatable bonds is 3. The molecule has 0 amide bonds. The highest BCUT2D eigenvalue weighted by molar-refractivity contribution is 9.10. The van der Waals surface area contributed by atoms with E-state index in [4.69, 9.17) is 9.52 Å². The molecule has 0 bridgehead atoms. The van der Waals surface area contributed by atoms with Crippen LogP contribution in [0.4, 0.5) is 0 Å². The summed E-state index contributed by atoms with van der Waals surface area (Å²) in [5.74, 6) is 0.936. The zero-order valence-corrected chi connectivity index (χ0v) is 12.7. The molecule has 2 atom stereocenters. The number of halogens is 1. The van der Waals surface area contributed by atoms with E-state index >= 15 is 0 Å². The van der Waals surface area contributed by atoms with Crippen LogP contribution in [0.5, 0.6) is 0 Å². The monoisotopic (exact) mass is 337 g/mol. The third-order valence-corrected chi connectivity index (χ3v) is 6.12. The van der Waals surface area contributed by atoms with Gasteiger partial charge in [0.15, 0.2) is 4.67 Å². The topological polar surface area (TPSA) is 70.8 Å². The van der Waals surface area contributed by atoms with E-state index in [9.17, 15) is 8.42 Å². The molecule has 7 heteroatoms. The summed E-state index contributed by atoms with van der Waals surface area (Å²) in [6, 6.07) is 1.37. The maximum absolute atomic E-state index is 12.4. The molecule has 1 aliphatic heterocycles. The van der Waals surface area contributed by atoms with Crippen molar-refractivity contribution in [3.05, 3.63) is 16.5 Å². The Hall–Kier alpha value is -0.370. The number of aliphatic hydroxyl groups excluding tert-OH is 1. The summed E-state index contributed by atoms with van der Waals surface area (Å²) in [5.41, 5.74) is 0. The van der Waals surface area contributed by atoms with Crippen molar-refractivity contribution in [1.29, 1.82) is 0 Å². The fourth-order valence-electron chi connectivity index (χ4n) is 2.06. The summed E-state index contributed by atoms with van der Waals surface area (Å²) in [7, 11) is -3.54. The highest BCUT2D eigenvalue weighted by atomic mass is 79.9. The van der Waals surface area contributed by atoms with E-state index in [0.29, 0.717) is 24.9 Å². The summed E-state index contributed by atoms with van der Waals surface area (Å²) in [4.78, 5) is 0.0906. The van der Waals surface area contributed by atoms with E-state index in [0.717, 1.165) is 0 Å². The van der Waals surface area contributed by atoms with Gasteiger partial charge in [-0.05, 0) is 27.8 Å². The molecule has 0 spiro atoms. The number of nitrogens with zero attached hydrogens (tertiary/aromatic N) is 1. The molecule has 1 aromatic rings. The quantitative estimate of drug-likeness (QED) is 0.913. The van der Waals surface area contributed by atoms with Gasteiger partial charge in [0.25, 0.3) is 0 Å². The average molecular weight is 338 g/mol. The lowest BCUT2D eigenvalue weighted by atomic mass is 10.0. The van der Waals surface area contributed by atoms with Gasteiger partial charge in [-0.3, -0.25) is 0 Å². The minimum atomic E-state index is -3.54. The van der Waals surface area contributed by atoms with E-state index in [1.54, 1.807) is 0 Å². The van der Waals surface area contributed by atoms with Crippen molar-refractivity contribution in [2.75, 3.05) is 13.1 Å². The van der Waals surface area contributed by atoms with Crippen LogP contribution in [0.1, 0.15) is 19.6 Å². The van der Waals surface area contributed by atoms with Crippen molar-refractivity contribution < 1.29 is 17.9 Å². The summed E-state index contributed by atoms with van der Waals surface area (Å²) < 4.78 is 31.6. The van der Waals surface area contributed by atoms with Crippen LogP contribution in [0.15, 0.2) is 20.0 Å². The molecule has 2 heterocycles. The molecular formula is C11H16BrNO4S. The van der Waals surface area contributed by atoms with Crippen LogP contribution >= 0.6 is 15.9 Å². The van der Waals surface area contributed by atoms with Crippen molar-refractivity contribution in [3.8, 4) is 0 Å². The first-order chi connectivity index (χ1) is 8.36. The van der Waals surface area contributed by atoms with Crippen molar-refractivity contribution in [2.45, 2.75) is 25.3 Å². The fourth-order valence-corrected chi connectivity index (χ4v) is 4.67. The maximum atomic E-state index is 12.4. The summed E-state index contributed by atoms with van der Waals surface area (Å²) in [6.07, 6.45) is 0. The van der Waals surface area contributed by atoms with Crippen molar-refractivity contribution in [1.82, 2.24) is 4.31 Å². The SMILES string of the molecule is CC1CN(S(=O)(=O)c2cc(CO)oc2Br)CC1C. The predicted octanol–water partition coefficient (Wildman–Crippen LogP) is 1.81. The van der Waals surface area contributed by atoms with Gasteiger partial charge in [0.1, 0.15) is 17.3 Å². The Morgan fingerprint density at radius 1 is 1.44 bits per heavy atom. The molecule has 0 aromatic carbocycles. The Balaban J connectivity index is 2.34. The van der Waals surface area contributed by atoms with Gasteiger partial charge in [-0.1, -0.05) is 13.8 Å². The zero-order valence-electron chi connectivity index (χ0n) is 10.3. The van der Waals surface area contributed by atoms with Crippen LogP contribution in [-0.2, 0) is 16.6 Å². The number of furan rings is 1. The molecule has 0 aliphatic carbocycles. The maximum Gasteiger partial charge on any atom is 0.247 e. The molecule has 0 radical (unpaired) electrons. The van der Waals surface area contributed by atoms with E-state index in [2.05, 4.69) is 15.9 Å². The molecule has 1 aliphatic rings. The summed E-state index contributed by atoms with van der Waals surface area (Å²) in [5, 5.41) is 8.97. The first kappa shape index (κ1) is 14.0. The second kappa shape index (κ2) is 4.96. The molecule has 1 saturated heterocycles. The first-order valence-corrected chi connectivity index (χ1v) is 7.98. The Bertz CT molecular complexity index is 529. The molecular weight excluding hydrogens is 322 g/mol. The Kier molecular flexibility index (Phi) is 3.87. The van der Waals surface area contributed by atoms with Gasteiger partial charge < -0.3 is 9.52 Å².